The molecule has 1 N–H and O–H groups in total. The van der Waals surface area contributed by atoms with E-state index in [-0.39, 0.29) is 17.0 Å². The van der Waals surface area contributed by atoms with Crippen LogP contribution in [0.25, 0.3) is 0 Å². The standard InChI is InChI=1S/C19H28N4O3S/c1-3-4-12-26-18-8-10-19(11-9-18)27(24,25)22-16-6-5-7-17(13-16)23-14-20-21-15(23)2/h8-11,14,16-17,22H,3-7,12-13H2,1-2H3. The molecule has 0 saturated heterocycles. The number of rotatable bonds is 8. The van der Waals surface area contributed by atoms with Gasteiger partial charge in [0.05, 0.1) is 11.5 Å². The van der Waals surface area contributed by atoms with E-state index in [9.17, 15) is 8.42 Å². The Hall–Kier alpha value is -1.93. The molecule has 1 aromatic heterocycles. The number of unbranched alkanes of at least 4 members (excludes halogenated alkanes) is 1. The molecule has 0 amide bonds. The predicted molar refractivity (Wildman–Crippen MR) is 103 cm³/mol. The Balaban J connectivity index is 1.62. The second-order valence-electron chi connectivity index (χ2n) is 7.10. The summed E-state index contributed by atoms with van der Waals surface area (Å²) in [5.41, 5.74) is 0. The van der Waals surface area contributed by atoms with Gasteiger partial charge in [-0.25, -0.2) is 13.1 Å². The highest BCUT2D eigenvalue weighted by Crippen LogP contribution is 2.30. The van der Waals surface area contributed by atoms with Crippen molar-refractivity contribution in [1.82, 2.24) is 19.5 Å². The fourth-order valence-corrected chi connectivity index (χ4v) is 4.80. The van der Waals surface area contributed by atoms with Crippen LogP contribution in [0.5, 0.6) is 5.75 Å². The summed E-state index contributed by atoms with van der Waals surface area (Å²) in [5.74, 6) is 1.56. The first-order valence-corrected chi connectivity index (χ1v) is 11.1. The van der Waals surface area contributed by atoms with E-state index in [2.05, 4.69) is 21.8 Å². The van der Waals surface area contributed by atoms with E-state index >= 15 is 0 Å². The van der Waals surface area contributed by atoms with Crippen molar-refractivity contribution in [3.05, 3.63) is 36.4 Å². The van der Waals surface area contributed by atoms with Crippen LogP contribution in [0, 0.1) is 6.92 Å². The average Bonchev–Trinajstić information content (AvgIpc) is 3.08. The smallest absolute Gasteiger partial charge is 0.240 e. The first-order valence-electron chi connectivity index (χ1n) is 9.61. The van der Waals surface area contributed by atoms with E-state index in [4.69, 9.17) is 4.74 Å². The Morgan fingerprint density at radius 2 is 2.04 bits per heavy atom. The van der Waals surface area contributed by atoms with Crippen molar-refractivity contribution in [2.45, 2.75) is 69.4 Å². The Morgan fingerprint density at radius 3 is 2.70 bits per heavy atom. The number of sulfonamides is 1. The fourth-order valence-electron chi connectivity index (χ4n) is 3.52. The molecule has 2 unspecified atom stereocenters. The zero-order chi connectivity index (χ0) is 19.3. The van der Waals surface area contributed by atoms with Gasteiger partial charge in [0.1, 0.15) is 17.9 Å². The summed E-state index contributed by atoms with van der Waals surface area (Å²) in [6, 6.07) is 6.79. The van der Waals surface area contributed by atoms with Crippen molar-refractivity contribution in [1.29, 1.82) is 0 Å². The Bertz CT molecular complexity index is 833. The second kappa shape index (κ2) is 8.84. The monoisotopic (exact) mass is 392 g/mol. The molecular weight excluding hydrogens is 364 g/mol. The average molecular weight is 393 g/mol. The van der Waals surface area contributed by atoms with Crippen LogP contribution in [0.2, 0.25) is 0 Å². The van der Waals surface area contributed by atoms with Gasteiger partial charge in [0, 0.05) is 12.1 Å². The number of hydrogen-bond donors (Lipinski definition) is 1. The maximum Gasteiger partial charge on any atom is 0.240 e. The van der Waals surface area contributed by atoms with Gasteiger partial charge in [-0.2, -0.15) is 0 Å². The van der Waals surface area contributed by atoms with Gasteiger partial charge in [0.25, 0.3) is 0 Å². The molecule has 148 valence electrons. The Labute approximate surface area is 161 Å². The molecule has 1 aliphatic carbocycles. The zero-order valence-electron chi connectivity index (χ0n) is 16.0. The van der Waals surface area contributed by atoms with Crippen LogP contribution in [0.15, 0.2) is 35.5 Å². The molecule has 1 fully saturated rings. The minimum Gasteiger partial charge on any atom is -0.494 e. The molecule has 2 atom stereocenters. The van der Waals surface area contributed by atoms with Crippen molar-refractivity contribution in [2.75, 3.05) is 6.61 Å². The lowest BCUT2D eigenvalue weighted by Gasteiger charge is -2.30. The minimum absolute atomic E-state index is 0.0870. The maximum atomic E-state index is 12.7. The summed E-state index contributed by atoms with van der Waals surface area (Å²) in [4.78, 5) is 0.271. The molecule has 2 aromatic rings. The number of aryl methyl sites for hydroxylation is 1. The summed E-state index contributed by atoms with van der Waals surface area (Å²) in [5, 5.41) is 7.98. The van der Waals surface area contributed by atoms with Gasteiger partial charge in [0.15, 0.2) is 0 Å². The molecule has 8 heteroatoms. The third kappa shape index (κ3) is 5.07. The van der Waals surface area contributed by atoms with E-state index in [1.54, 1.807) is 30.6 Å². The molecule has 3 rings (SSSR count). The molecule has 27 heavy (non-hydrogen) atoms. The number of ether oxygens (including phenoxy) is 1. The van der Waals surface area contributed by atoms with Gasteiger partial charge < -0.3 is 9.30 Å². The van der Waals surface area contributed by atoms with Gasteiger partial charge in [-0.1, -0.05) is 13.3 Å². The number of benzene rings is 1. The molecular formula is C19H28N4O3S. The molecule has 0 spiro atoms. The molecule has 1 heterocycles. The molecule has 1 saturated carbocycles. The fraction of sp³-hybridized carbons (Fsp3) is 0.579. The van der Waals surface area contributed by atoms with Crippen LogP contribution < -0.4 is 9.46 Å². The van der Waals surface area contributed by atoms with Gasteiger partial charge in [-0.15, -0.1) is 10.2 Å². The van der Waals surface area contributed by atoms with Gasteiger partial charge >= 0.3 is 0 Å². The largest absolute Gasteiger partial charge is 0.494 e. The maximum absolute atomic E-state index is 12.7. The van der Waals surface area contributed by atoms with Crippen molar-refractivity contribution in [2.24, 2.45) is 0 Å². The number of nitrogens with zero attached hydrogens (tertiary/aromatic N) is 3. The van der Waals surface area contributed by atoms with E-state index < -0.39 is 10.0 Å². The second-order valence-corrected chi connectivity index (χ2v) is 8.81. The molecule has 1 aromatic carbocycles. The molecule has 7 nitrogen and oxygen atoms in total. The third-order valence-electron chi connectivity index (χ3n) is 5.01. The minimum atomic E-state index is -3.55. The van der Waals surface area contributed by atoms with Crippen LogP contribution in [-0.4, -0.2) is 35.8 Å². The normalized spacial score (nSPS) is 20.5. The summed E-state index contributed by atoms with van der Waals surface area (Å²) in [7, 11) is -3.55. The summed E-state index contributed by atoms with van der Waals surface area (Å²) in [6.07, 6.45) is 7.35. The number of aromatic nitrogens is 3. The lowest BCUT2D eigenvalue weighted by Crippen LogP contribution is -2.38. The number of nitrogens with one attached hydrogen (secondary N) is 1. The molecule has 0 aliphatic heterocycles. The van der Waals surface area contributed by atoms with Crippen LogP contribution in [0.1, 0.15) is 57.3 Å². The summed E-state index contributed by atoms with van der Waals surface area (Å²) >= 11 is 0. The molecule has 0 radical (unpaired) electrons. The SMILES string of the molecule is CCCCOc1ccc(S(=O)(=O)NC2CCCC(n3cnnc3C)C2)cc1. The quantitative estimate of drug-likeness (QED) is 0.697. The predicted octanol–water partition coefficient (Wildman–Crippen LogP) is 3.23. The third-order valence-corrected chi connectivity index (χ3v) is 6.55. The molecule has 1 aliphatic rings. The highest BCUT2D eigenvalue weighted by Gasteiger charge is 2.28. The molecule has 0 bridgehead atoms. The first kappa shape index (κ1) is 19.8. The van der Waals surface area contributed by atoms with E-state index in [0.29, 0.717) is 12.4 Å². The highest BCUT2D eigenvalue weighted by atomic mass is 32.2. The lowest BCUT2D eigenvalue weighted by atomic mass is 9.91. The van der Waals surface area contributed by atoms with Crippen LogP contribution in [0.4, 0.5) is 0 Å². The van der Waals surface area contributed by atoms with Gasteiger partial charge in [-0.3, -0.25) is 0 Å². The van der Waals surface area contributed by atoms with Gasteiger partial charge in [0.2, 0.25) is 10.0 Å². The number of hydrogen-bond acceptors (Lipinski definition) is 5. The Morgan fingerprint density at radius 1 is 1.26 bits per heavy atom. The summed E-state index contributed by atoms with van der Waals surface area (Å²) < 4.78 is 36.0. The van der Waals surface area contributed by atoms with E-state index in [1.807, 2.05) is 11.5 Å². The van der Waals surface area contributed by atoms with E-state index in [0.717, 1.165) is 44.3 Å². The zero-order valence-corrected chi connectivity index (χ0v) is 16.8. The van der Waals surface area contributed by atoms with Crippen molar-refractivity contribution >= 4 is 10.0 Å². The highest BCUT2D eigenvalue weighted by molar-refractivity contribution is 7.89. The lowest BCUT2D eigenvalue weighted by molar-refractivity contribution is 0.302. The topological polar surface area (TPSA) is 86.1 Å². The van der Waals surface area contributed by atoms with Crippen LogP contribution in [-0.2, 0) is 10.0 Å². The van der Waals surface area contributed by atoms with Crippen molar-refractivity contribution in [3.8, 4) is 5.75 Å². The van der Waals surface area contributed by atoms with Gasteiger partial charge in [-0.05, 0) is 63.3 Å². The van der Waals surface area contributed by atoms with Crippen molar-refractivity contribution in [3.63, 3.8) is 0 Å². The Kier molecular flexibility index (Phi) is 6.49. The van der Waals surface area contributed by atoms with Crippen LogP contribution in [0.3, 0.4) is 0 Å². The van der Waals surface area contributed by atoms with E-state index in [1.165, 1.54) is 0 Å². The first-order chi connectivity index (χ1) is 13.0. The van der Waals surface area contributed by atoms with Crippen molar-refractivity contribution < 1.29 is 13.2 Å². The van der Waals surface area contributed by atoms with Crippen LogP contribution >= 0.6 is 0 Å². The summed E-state index contributed by atoms with van der Waals surface area (Å²) in [6.45, 7) is 4.67.